The minimum atomic E-state index is -1.15. The van der Waals surface area contributed by atoms with E-state index in [-0.39, 0.29) is 5.92 Å². The van der Waals surface area contributed by atoms with E-state index in [2.05, 4.69) is 19.2 Å². The summed E-state index contributed by atoms with van der Waals surface area (Å²) in [4.78, 5) is 23.3. The van der Waals surface area contributed by atoms with E-state index < -0.39 is 23.2 Å². The van der Waals surface area contributed by atoms with Crippen molar-refractivity contribution in [3.05, 3.63) is 0 Å². The molecule has 0 radical (unpaired) electrons. The van der Waals surface area contributed by atoms with Crippen molar-refractivity contribution in [3.63, 3.8) is 0 Å². The van der Waals surface area contributed by atoms with Crippen LogP contribution in [0, 0.1) is 11.8 Å². The van der Waals surface area contributed by atoms with Gasteiger partial charge in [-0.25, -0.2) is 9.59 Å². The lowest BCUT2D eigenvalue weighted by molar-refractivity contribution is -0.153. The summed E-state index contributed by atoms with van der Waals surface area (Å²) >= 11 is 0. The summed E-state index contributed by atoms with van der Waals surface area (Å²) in [6.07, 6.45) is 1.45. The van der Waals surface area contributed by atoms with Gasteiger partial charge in [-0.1, -0.05) is 13.8 Å². The SMILES string of the molecule is CC(C)C[C@H]1CC[C@]1(NC(=O)OC(C)(C)C)C(=O)O. The summed E-state index contributed by atoms with van der Waals surface area (Å²) in [5, 5.41) is 12.0. The fourth-order valence-electron chi connectivity index (χ4n) is 2.51. The number of hydrogen-bond donors (Lipinski definition) is 2. The molecule has 0 heterocycles. The minimum Gasteiger partial charge on any atom is -0.479 e. The number of rotatable bonds is 4. The second-order valence-corrected chi connectivity index (χ2v) is 6.77. The predicted octanol–water partition coefficient (Wildman–Crippen LogP) is 2.79. The lowest BCUT2D eigenvalue weighted by atomic mass is 9.63. The molecule has 0 unspecified atom stereocenters. The zero-order valence-electron chi connectivity index (χ0n) is 12.4. The normalized spacial score (nSPS) is 26.7. The topological polar surface area (TPSA) is 75.6 Å². The molecule has 1 rings (SSSR count). The molecule has 0 saturated heterocycles. The van der Waals surface area contributed by atoms with Crippen molar-refractivity contribution in [2.75, 3.05) is 0 Å². The molecule has 5 nitrogen and oxygen atoms in total. The molecular formula is C14H25NO4. The fraction of sp³-hybridized carbons (Fsp3) is 0.857. The maximum absolute atomic E-state index is 11.8. The van der Waals surface area contributed by atoms with Gasteiger partial charge in [0.1, 0.15) is 11.1 Å². The predicted molar refractivity (Wildman–Crippen MR) is 71.9 cm³/mol. The Morgan fingerprint density at radius 2 is 2.00 bits per heavy atom. The quantitative estimate of drug-likeness (QED) is 0.824. The van der Waals surface area contributed by atoms with Crippen LogP contribution in [0.25, 0.3) is 0 Å². The summed E-state index contributed by atoms with van der Waals surface area (Å²) in [5.41, 5.74) is -1.77. The van der Waals surface area contributed by atoms with Crippen LogP contribution in [0.5, 0.6) is 0 Å². The Morgan fingerprint density at radius 1 is 1.42 bits per heavy atom. The zero-order chi connectivity index (χ0) is 14.8. The van der Waals surface area contributed by atoms with Crippen LogP contribution >= 0.6 is 0 Å². The standard InChI is InChI=1S/C14H25NO4/c1-9(2)8-10-6-7-14(10,11(16)17)15-12(18)19-13(3,4)5/h9-10H,6-8H2,1-5H3,(H,15,18)(H,16,17)/t10-,14-/m1/s1. The number of ether oxygens (including phenoxy) is 1. The first kappa shape index (κ1) is 15.8. The Balaban J connectivity index is 2.74. The van der Waals surface area contributed by atoms with Crippen molar-refractivity contribution < 1.29 is 19.4 Å². The van der Waals surface area contributed by atoms with Gasteiger partial charge < -0.3 is 15.2 Å². The maximum atomic E-state index is 11.8. The smallest absolute Gasteiger partial charge is 0.408 e. The number of carbonyl (C=O) groups is 2. The van der Waals surface area contributed by atoms with Gasteiger partial charge in [-0.05, 0) is 51.9 Å². The van der Waals surface area contributed by atoms with Crippen LogP contribution in [0.1, 0.15) is 53.9 Å². The molecule has 1 aliphatic rings. The van der Waals surface area contributed by atoms with Crippen LogP contribution in [0.2, 0.25) is 0 Å². The minimum absolute atomic E-state index is 0.0162. The van der Waals surface area contributed by atoms with Gasteiger partial charge in [0.05, 0.1) is 0 Å². The second-order valence-electron chi connectivity index (χ2n) is 6.77. The summed E-state index contributed by atoms with van der Waals surface area (Å²) < 4.78 is 5.16. The molecule has 110 valence electrons. The average molecular weight is 271 g/mol. The third-order valence-electron chi connectivity index (χ3n) is 3.45. The van der Waals surface area contributed by atoms with E-state index in [0.29, 0.717) is 12.3 Å². The van der Waals surface area contributed by atoms with E-state index in [1.807, 2.05) is 0 Å². The fourth-order valence-corrected chi connectivity index (χ4v) is 2.51. The van der Waals surface area contributed by atoms with E-state index in [1.165, 1.54) is 0 Å². The summed E-state index contributed by atoms with van der Waals surface area (Å²) in [6, 6.07) is 0. The molecule has 2 N–H and O–H groups in total. The lowest BCUT2D eigenvalue weighted by Crippen LogP contribution is -2.65. The number of carbonyl (C=O) groups excluding carboxylic acids is 1. The zero-order valence-corrected chi connectivity index (χ0v) is 12.4. The Kier molecular flexibility index (Phi) is 4.48. The molecule has 0 spiro atoms. The number of amides is 1. The van der Waals surface area contributed by atoms with Crippen molar-refractivity contribution >= 4 is 12.1 Å². The van der Waals surface area contributed by atoms with Gasteiger partial charge in [0.15, 0.2) is 0 Å². The van der Waals surface area contributed by atoms with E-state index >= 15 is 0 Å². The molecule has 0 aromatic heterocycles. The van der Waals surface area contributed by atoms with Crippen LogP contribution in [0.4, 0.5) is 4.79 Å². The van der Waals surface area contributed by atoms with Crippen molar-refractivity contribution in [2.24, 2.45) is 11.8 Å². The third-order valence-corrected chi connectivity index (χ3v) is 3.45. The van der Waals surface area contributed by atoms with Gasteiger partial charge in [-0.2, -0.15) is 0 Å². The number of nitrogens with one attached hydrogen (secondary N) is 1. The molecule has 1 fully saturated rings. The van der Waals surface area contributed by atoms with Crippen LogP contribution in [-0.4, -0.2) is 28.3 Å². The van der Waals surface area contributed by atoms with Crippen molar-refractivity contribution in [1.82, 2.24) is 5.32 Å². The average Bonchev–Trinajstić information content (AvgIpc) is 2.17. The third kappa shape index (κ3) is 3.85. The Hall–Kier alpha value is -1.26. The van der Waals surface area contributed by atoms with Crippen LogP contribution < -0.4 is 5.32 Å². The molecule has 19 heavy (non-hydrogen) atoms. The molecule has 5 heteroatoms. The molecule has 0 bridgehead atoms. The number of carboxylic acid groups (broad SMARTS) is 1. The summed E-state index contributed by atoms with van der Waals surface area (Å²) in [6.45, 7) is 9.38. The highest BCUT2D eigenvalue weighted by atomic mass is 16.6. The molecule has 1 amide bonds. The van der Waals surface area contributed by atoms with Crippen LogP contribution in [-0.2, 0) is 9.53 Å². The number of hydrogen-bond acceptors (Lipinski definition) is 3. The van der Waals surface area contributed by atoms with Crippen molar-refractivity contribution in [2.45, 2.75) is 65.0 Å². The number of alkyl carbamates (subject to hydrolysis) is 1. The van der Waals surface area contributed by atoms with Crippen molar-refractivity contribution in [1.29, 1.82) is 0 Å². The van der Waals surface area contributed by atoms with Crippen molar-refractivity contribution in [3.8, 4) is 0 Å². The van der Waals surface area contributed by atoms with Crippen LogP contribution in [0.15, 0.2) is 0 Å². The van der Waals surface area contributed by atoms with E-state index in [9.17, 15) is 14.7 Å². The molecule has 0 aromatic carbocycles. The van der Waals surface area contributed by atoms with Crippen LogP contribution in [0.3, 0.4) is 0 Å². The summed E-state index contributed by atoms with van der Waals surface area (Å²) in [7, 11) is 0. The Morgan fingerprint density at radius 3 is 2.32 bits per heavy atom. The highest BCUT2D eigenvalue weighted by Crippen LogP contribution is 2.43. The highest BCUT2D eigenvalue weighted by molar-refractivity contribution is 5.86. The summed E-state index contributed by atoms with van der Waals surface area (Å²) in [5.74, 6) is -0.572. The maximum Gasteiger partial charge on any atom is 0.408 e. The molecule has 1 aliphatic carbocycles. The number of carboxylic acids is 1. The lowest BCUT2D eigenvalue weighted by Gasteiger charge is -2.47. The van der Waals surface area contributed by atoms with E-state index in [0.717, 1.165) is 12.8 Å². The second kappa shape index (κ2) is 5.39. The van der Waals surface area contributed by atoms with E-state index in [4.69, 9.17) is 4.74 Å². The first-order chi connectivity index (χ1) is 8.57. The highest BCUT2D eigenvalue weighted by Gasteiger charge is 2.54. The van der Waals surface area contributed by atoms with E-state index in [1.54, 1.807) is 20.8 Å². The molecule has 0 aromatic rings. The molecule has 1 saturated carbocycles. The first-order valence-electron chi connectivity index (χ1n) is 6.81. The molecule has 0 aliphatic heterocycles. The monoisotopic (exact) mass is 271 g/mol. The first-order valence-corrected chi connectivity index (χ1v) is 6.81. The van der Waals surface area contributed by atoms with Gasteiger partial charge in [0.2, 0.25) is 0 Å². The molecular weight excluding hydrogens is 246 g/mol. The van der Waals surface area contributed by atoms with Gasteiger partial charge >= 0.3 is 12.1 Å². The van der Waals surface area contributed by atoms with Gasteiger partial charge in [0, 0.05) is 0 Å². The van der Waals surface area contributed by atoms with Gasteiger partial charge in [-0.15, -0.1) is 0 Å². The Labute approximate surface area is 114 Å². The Bertz CT molecular complexity index is 359. The number of aliphatic carboxylic acids is 1. The van der Waals surface area contributed by atoms with Gasteiger partial charge in [-0.3, -0.25) is 0 Å². The van der Waals surface area contributed by atoms with Gasteiger partial charge in [0.25, 0.3) is 0 Å². The largest absolute Gasteiger partial charge is 0.479 e. The molecule has 2 atom stereocenters.